The fourth-order valence-corrected chi connectivity index (χ4v) is 1.81. The van der Waals surface area contributed by atoms with Gasteiger partial charge in [-0.2, -0.15) is 0 Å². The summed E-state index contributed by atoms with van der Waals surface area (Å²) in [5.74, 6) is -0.857. The summed E-state index contributed by atoms with van der Waals surface area (Å²) in [4.78, 5) is 26.9. The number of anilines is 1. The van der Waals surface area contributed by atoms with E-state index < -0.39 is 5.97 Å². The number of thiazole rings is 1. The lowest BCUT2D eigenvalue weighted by Crippen LogP contribution is -2.19. The van der Waals surface area contributed by atoms with Gasteiger partial charge in [-0.15, -0.1) is 16.4 Å². The van der Waals surface area contributed by atoms with Gasteiger partial charge in [0.25, 0.3) is 0 Å². The SMILES string of the molecule is CCOC(=O)c1cn(CC(=O)Nc2nccs2)nn1. The van der Waals surface area contributed by atoms with Gasteiger partial charge in [-0.3, -0.25) is 4.79 Å². The summed E-state index contributed by atoms with van der Waals surface area (Å²) in [5, 5.41) is 12.2. The molecule has 1 N–H and O–H groups in total. The highest BCUT2D eigenvalue weighted by atomic mass is 32.1. The van der Waals surface area contributed by atoms with E-state index in [1.807, 2.05) is 0 Å². The van der Waals surface area contributed by atoms with Crippen molar-refractivity contribution in [1.29, 1.82) is 0 Å². The first-order chi connectivity index (χ1) is 9.19. The summed E-state index contributed by atoms with van der Waals surface area (Å²) >= 11 is 1.32. The Bertz CT molecular complexity index is 565. The van der Waals surface area contributed by atoms with Crippen molar-refractivity contribution < 1.29 is 14.3 Å². The number of aromatic nitrogens is 4. The summed E-state index contributed by atoms with van der Waals surface area (Å²) in [6.45, 7) is 1.91. The first-order valence-corrected chi connectivity index (χ1v) is 6.33. The van der Waals surface area contributed by atoms with Crippen LogP contribution in [0.5, 0.6) is 0 Å². The fourth-order valence-electron chi connectivity index (χ4n) is 1.27. The third-order valence-corrected chi connectivity index (χ3v) is 2.70. The van der Waals surface area contributed by atoms with E-state index in [4.69, 9.17) is 4.74 Å². The minimum atomic E-state index is -0.561. The Kier molecular flexibility index (Phi) is 4.18. The number of esters is 1. The number of carbonyl (C=O) groups is 2. The Labute approximate surface area is 112 Å². The molecule has 1 amide bonds. The molecule has 9 heteroatoms. The van der Waals surface area contributed by atoms with Crippen LogP contribution in [0.15, 0.2) is 17.8 Å². The molecule has 0 saturated heterocycles. The zero-order valence-electron chi connectivity index (χ0n) is 10.1. The van der Waals surface area contributed by atoms with Gasteiger partial charge in [0.05, 0.1) is 12.8 Å². The highest BCUT2D eigenvalue weighted by Crippen LogP contribution is 2.10. The molecule has 0 bridgehead atoms. The largest absolute Gasteiger partial charge is 0.461 e. The lowest BCUT2D eigenvalue weighted by molar-refractivity contribution is -0.116. The molecule has 0 aliphatic rings. The van der Waals surface area contributed by atoms with E-state index in [9.17, 15) is 9.59 Å². The Balaban J connectivity index is 1.92. The van der Waals surface area contributed by atoms with Crippen LogP contribution in [0, 0.1) is 0 Å². The maximum Gasteiger partial charge on any atom is 0.360 e. The summed E-state index contributed by atoms with van der Waals surface area (Å²) in [6.07, 6.45) is 2.95. The van der Waals surface area contributed by atoms with Crippen molar-refractivity contribution in [3.63, 3.8) is 0 Å². The van der Waals surface area contributed by atoms with Crippen LogP contribution in [-0.4, -0.2) is 38.5 Å². The van der Waals surface area contributed by atoms with E-state index in [0.717, 1.165) is 0 Å². The molecule has 2 heterocycles. The average Bonchev–Trinajstić information content (AvgIpc) is 3.00. The van der Waals surface area contributed by atoms with Crippen LogP contribution in [-0.2, 0) is 16.1 Å². The van der Waals surface area contributed by atoms with Crippen molar-refractivity contribution in [2.24, 2.45) is 0 Å². The number of rotatable bonds is 5. The summed E-state index contributed by atoms with van der Waals surface area (Å²) in [7, 11) is 0. The zero-order chi connectivity index (χ0) is 13.7. The second kappa shape index (κ2) is 6.05. The predicted molar refractivity (Wildman–Crippen MR) is 66.7 cm³/mol. The van der Waals surface area contributed by atoms with Gasteiger partial charge < -0.3 is 10.1 Å². The maximum absolute atomic E-state index is 11.6. The smallest absolute Gasteiger partial charge is 0.360 e. The zero-order valence-corrected chi connectivity index (χ0v) is 10.9. The quantitative estimate of drug-likeness (QED) is 0.803. The molecule has 0 unspecified atom stereocenters. The predicted octanol–water partition coefficient (Wildman–Crippen LogP) is 0.550. The second-order valence-electron chi connectivity index (χ2n) is 3.41. The number of nitrogens with one attached hydrogen (secondary N) is 1. The third-order valence-electron chi connectivity index (χ3n) is 2.01. The highest BCUT2D eigenvalue weighted by molar-refractivity contribution is 7.13. The van der Waals surface area contributed by atoms with Crippen LogP contribution in [0.25, 0.3) is 0 Å². The van der Waals surface area contributed by atoms with Gasteiger partial charge in [-0.25, -0.2) is 14.5 Å². The van der Waals surface area contributed by atoms with Crippen LogP contribution >= 0.6 is 11.3 Å². The molecular weight excluding hydrogens is 270 g/mol. The lowest BCUT2D eigenvalue weighted by Gasteiger charge is -2.00. The van der Waals surface area contributed by atoms with Crippen LogP contribution in [0.1, 0.15) is 17.4 Å². The molecule has 100 valence electrons. The van der Waals surface area contributed by atoms with Crippen molar-refractivity contribution in [2.75, 3.05) is 11.9 Å². The highest BCUT2D eigenvalue weighted by Gasteiger charge is 2.13. The Morgan fingerprint density at radius 3 is 3.05 bits per heavy atom. The first kappa shape index (κ1) is 13.1. The van der Waals surface area contributed by atoms with E-state index in [-0.39, 0.29) is 24.8 Å². The minimum absolute atomic E-state index is 0.0496. The second-order valence-corrected chi connectivity index (χ2v) is 4.30. The number of hydrogen-bond donors (Lipinski definition) is 1. The van der Waals surface area contributed by atoms with E-state index in [1.54, 1.807) is 18.5 Å². The van der Waals surface area contributed by atoms with Crippen molar-refractivity contribution in [3.8, 4) is 0 Å². The molecule has 2 aromatic rings. The molecule has 2 aromatic heterocycles. The molecule has 0 fully saturated rings. The summed E-state index contributed by atoms with van der Waals surface area (Å²) < 4.78 is 6.03. The number of hydrogen-bond acceptors (Lipinski definition) is 7. The third kappa shape index (κ3) is 3.58. The number of ether oxygens (including phenoxy) is 1. The van der Waals surface area contributed by atoms with Crippen molar-refractivity contribution in [1.82, 2.24) is 20.0 Å². The van der Waals surface area contributed by atoms with Gasteiger partial charge in [-0.1, -0.05) is 5.21 Å². The number of amides is 1. The van der Waals surface area contributed by atoms with Gasteiger partial charge in [-0.05, 0) is 6.92 Å². The van der Waals surface area contributed by atoms with Crippen LogP contribution in [0.2, 0.25) is 0 Å². The van der Waals surface area contributed by atoms with Crippen LogP contribution in [0.3, 0.4) is 0 Å². The topological polar surface area (TPSA) is 99.0 Å². The molecule has 0 aliphatic heterocycles. The monoisotopic (exact) mass is 281 g/mol. The number of nitrogens with zero attached hydrogens (tertiary/aromatic N) is 4. The minimum Gasteiger partial charge on any atom is -0.461 e. The average molecular weight is 281 g/mol. The van der Waals surface area contributed by atoms with E-state index in [1.165, 1.54) is 22.2 Å². The molecule has 0 atom stereocenters. The Morgan fingerprint density at radius 1 is 1.53 bits per heavy atom. The lowest BCUT2D eigenvalue weighted by atomic mass is 10.5. The maximum atomic E-state index is 11.6. The molecule has 0 spiro atoms. The van der Waals surface area contributed by atoms with Crippen LogP contribution in [0.4, 0.5) is 5.13 Å². The molecule has 2 rings (SSSR count). The fraction of sp³-hybridized carbons (Fsp3) is 0.300. The summed E-state index contributed by atoms with van der Waals surface area (Å²) in [5.41, 5.74) is 0.0731. The van der Waals surface area contributed by atoms with Crippen molar-refractivity contribution in [2.45, 2.75) is 13.5 Å². The van der Waals surface area contributed by atoms with Gasteiger partial charge in [0, 0.05) is 11.6 Å². The van der Waals surface area contributed by atoms with Gasteiger partial charge in [0.2, 0.25) is 5.91 Å². The van der Waals surface area contributed by atoms with Gasteiger partial charge in [0.1, 0.15) is 6.54 Å². The van der Waals surface area contributed by atoms with Crippen molar-refractivity contribution >= 4 is 28.3 Å². The van der Waals surface area contributed by atoms with E-state index in [0.29, 0.717) is 5.13 Å². The Hall–Kier alpha value is -2.29. The molecular formula is C10H11N5O3S. The molecule has 8 nitrogen and oxygen atoms in total. The molecule has 0 saturated carbocycles. The summed E-state index contributed by atoms with van der Waals surface area (Å²) in [6, 6.07) is 0. The first-order valence-electron chi connectivity index (χ1n) is 5.45. The molecule has 0 aliphatic carbocycles. The van der Waals surface area contributed by atoms with Gasteiger partial charge in [0.15, 0.2) is 10.8 Å². The number of carbonyl (C=O) groups excluding carboxylic acids is 2. The van der Waals surface area contributed by atoms with Crippen LogP contribution < -0.4 is 5.32 Å². The normalized spacial score (nSPS) is 10.2. The molecule has 19 heavy (non-hydrogen) atoms. The van der Waals surface area contributed by atoms with E-state index >= 15 is 0 Å². The Morgan fingerprint density at radius 2 is 2.37 bits per heavy atom. The standard InChI is InChI=1S/C10H11N5O3S/c1-2-18-9(17)7-5-15(14-13-7)6-8(16)12-10-11-3-4-19-10/h3-5H,2,6H2,1H3,(H,11,12,16). The molecule has 0 aromatic carbocycles. The van der Waals surface area contributed by atoms with Gasteiger partial charge >= 0.3 is 5.97 Å². The van der Waals surface area contributed by atoms with Crippen molar-refractivity contribution in [3.05, 3.63) is 23.5 Å². The molecule has 0 radical (unpaired) electrons. The van der Waals surface area contributed by atoms with E-state index in [2.05, 4.69) is 20.6 Å².